The summed E-state index contributed by atoms with van der Waals surface area (Å²) in [4.78, 5) is 16.5. The second-order valence-corrected chi connectivity index (χ2v) is 5.49. The Bertz CT molecular complexity index is 657. The van der Waals surface area contributed by atoms with Crippen molar-refractivity contribution in [1.29, 1.82) is 0 Å². The van der Waals surface area contributed by atoms with Gasteiger partial charge in [0.25, 0.3) is 5.91 Å². The SMILES string of the molecule is COCCNc1cc(C(=O)Nc2ccc(OC(C)C)cc2)ccn1. The predicted octanol–water partition coefficient (Wildman–Crippen LogP) is 3.18. The van der Waals surface area contributed by atoms with Crippen molar-refractivity contribution in [3.05, 3.63) is 48.2 Å². The highest BCUT2D eigenvalue weighted by Crippen LogP contribution is 2.18. The van der Waals surface area contributed by atoms with Crippen LogP contribution in [0.2, 0.25) is 0 Å². The third kappa shape index (κ3) is 5.55. The van der Waals surface area contributed by atoms with E-state index in [2.05, 4.69) is 15.6 Å². The minimum absolute atomic E-state index is 0.117. The minimum Gasteiger partial charge on any atom is -0.491 e. The van der Waals surface area contributed by atoms with Gasteiger partial charge in [0.1, 0.15) is 11.6 Å². The van der Waals surface area contributed by atoms with Gasteiger partial charge in [-0.25, -0.2) is 4.98 Å². The molecule has 0 aliphatic heterocycles. The standard InChI is InChI=1S/C18H23N3O3/c1-13(2)24-16-6-4-15(5-7-16)21-18(22)14-8-9-19-17(12-14)20-10-11-23-3/h4-9,12-13H,10-11H2,1-3H3,(H,19,20)(H,21,22). The van der Waals surface area contributed by atoms with Crippen LogP contribution in [0.5, 0.6) is 5.75 Å². The molecular formula is C18H23N3O3. The van der Waals surface area contributed by atoms with E-state index in [0.29, 0.717) is 30.2 Å². The molecule has 6 nitrogen and oxygen atoms in total. The van der Waals surface area contributed by atoms with Crippen LogP contribution in [0.4, 0.5) is 11.5 Å². The van der Waals surface area contributed by atoms with Gasteiger partial charge in [-0.15, -0.1) is 0 Å². The summed E-state index contributed by atoms with van der Waals surface area (Å²) in [5.41, 5.74) is 1.24. The van der Waals surface area contributed by atoms with Gasteiger partial charge in [-0.3, -0.25) is 4.79 Å². The number of amides is 1. The Morgan fingerprint density at radius 3 is 2.62 bits per heavy atom. The van der Waals surface area contributed by atoms with Gasteiger partial charge in [0, 0.05) is 31.1 Å². The molecule has 0 saturated carbocycles. The zero-order valence-electron chi connectivity index (χ0n) is 14.2. The summed E-state index contributed by atoms with van der Waals surface area (Å²) in [5.74, 6) is 1.22. The van der Waals surface area contributed by atoms with Crippen molar-refractivity contribution >= 4 is 17.4 Å². The summed E-state index contributed by atoms with van der Waals surface area (Å²) < 4.78 is 10.6. The van der Waals surface area contributed by atoms with E-state index in [1.165, 1.54) is 0 Å². The number of carbonyl (C=O) groups is 1. The molecule has 2 N–H and O–H groups in total. The average molecular weight is 329 g/mol. The molecule has 1 aromatic carbocycles. The van der Waals surface area contributed by atoms with E-state index < -0.39 is 0 Å². The molecule has 0 unspecified atom stereocenters. The van der Waals surface area contributed by atoms with E-state index in [1.807, 2.05) is 38.1 Å². The van der Waals surface area contributed by atoms with Gasteiger partial charge in [-0.1, -0.05) is 0 Å². The summed E-state index contributed by atoms with van der Waals surface area (Å²) in [6.07, 6.45) is 1.72. The van der Waals surface area contributed by atoms with E-state index in [4.69, 9.17) is 9.47 Å². The van der Waals surface area contributed by atoms with Crippen LogP contribution in [-0.2, 0) is 4.74 Å². The van der Waals surface area contributed by atoms with E-state index >= 15 is 0 Å². The van der Waals surface area contributed by atoms with Crippen molar-refractivity contribution in [3.63, 3.8) is 0 Å². The van der Waals surface area contributed by atoms with Gasteiger partial charge in [-0.2, -0.15) is 0 Å². The molecule has 6 heteroatoms. The first-order valence-electron chi connectivity index (χ1n) is 7.85. The number of rotatable bonds is 8. The first-order chi connectivity index (χ1) is 11.6. The van der Waals surface area contributed by atoms with Crippen molar-refractivity contribution in [1.82, 2.24) is 4.98 Å². The summed E-state index contributed by atoms with van der Waals surface area (Å²) in [6.45, 7) is 5.14. The summed E-state index contributed by atoms with van der Waals surface area (Å²) >= 11 is 0. The van der Waals surface area contributed by atoms with Gasteiger partial charge in [-0.05, 0) is 50.2 Å². The van der Waals surface area contributed by atoms with E-state index in [0.717, 1.165) is 5.75 Å². The molecule has 0 fully saturated rings. The van der Waals surface area contributed by atoms with Crippen molar-refractivity contribution in [2.75, 3.05) is 30.9 Å². The number of aromatic nitrogens is 1. The highest BCUT2D eigenvalue weighted by molar-refractivity contribution is 6.04. The van der Waals surface area contributed by atoms with Crippen molar-refractivity contribution in [2.24, 2.45) is 0 Å². The van der Waals surface area contributed by atoms with Crippen molar-refractivity contribution in [2.45, 2.75) is 20.0 Å². The lowest BCUT2D eigenvalue weighted by atomic mass is 10.2. The van der Waals surface area contributed by atoms with Gasteiger partial charge < -0.3 is 20.1 Å². The van der Waals surface area contributed by atoms with Crippen molar-refractivity contribution < 1.29 is 14.3 Å². The topological polar surface area (TPSA) is 72.5 Å². The van der Waals surface area contributed by atoms with Crippen LogP contribution < -0.4 is 15.4 Å². The van der Waals surface area contributed by atoms with Crippen LogP contribution in [0.25, 0.3) is 0 Å². The lowest BCUT2D eigenvalue weighted by Crippen LogP contribution is -2.14. The molecule has 1 heterocycles. The molecule has 0 atom stereocenters. The van der Waals surface area contributed by atoms with Crippen LogP contribution >= 0.6 is 0 Å². The third-order valence-electron chi connectivity index (χ3n) is 3.12. The molecule has 128 valence electrons. The third-order valence-corrected chi connectivity index (χ3v) is 3.12. The predicted molar refractivity (Wildman–Crippen MR) is 94.8 cm³/mol. The summed E-state index contributed by atoms with van der Waals surface area (Å²) in [5, 5.41) is 5.96. The molecule has 0 saturated heterocycles. The Labute approximate surface area is 142 Å². The molecule has 0 aliphatic rings. The molecule has 24 heavy (non-hydrogen) atoms. The Kier molecular flexibility index (Phi) is 6.57. The van der Waals surface area contributed by atoms with Crippen LogP contribution in [0, 0.1) is 0 Å². The molecule has 1 amide bonds. The first kappa shape index (κ1) is 17.7. The zero-order chi connectivity index (χ0) is 17.4. The van der Waals surface area contributed by atoms with Crippen LogP contribution in [-0.4, -0.2) is 37.3 Å². The highest BCUT2D eigenvalue weighted by Gasteiger charge is 2.08. The van der Waals surface area contributed by atoms with Gasteiger partial charge in [0.2, 0.25) is 0 Å². The molecule has 2 rings (SSSR count). The first-order valence-corrected chi connectivity index (χ1v) is 7.85. The Balaban J connectivity index is 1.97. The summed E-state index contributed by atoms with van der Waals surface area (Å²) in [7, 11) is 1.64. The van der Waals surface area contributed by atoms with Crippen LogP contribution in [0.15, 0.2) is 42.6 Å². The second-order valence-electron chi connectivity index (χ2n) is 5.49. The maximum atomic E-state index is 12.3. The number of hydrogen-bond acceptors (Lipinski definition) is 5. The van der Waals surface area contributed by atoms with Gasteiger partial charge in [0.05, 0.1) is 12.7 Å². The fourth-order valence-corrected chi connectivity index (χ4v) is 2.04. The number of ether oxygens (including phenoxy) is 2. The van der Waals surface area contributed by atoms with Gasteiger partial charge in [0.15, 0.2) is 0 Å². The monoisotopic (exact) mass is 329 g/mol. The zero-order valence-corrected chi connectivity index (χ0v) is 14.2. The number of anilines is 2. The number of pyridine rings is 1. The molecule has 1 aromatic heterocycles. The van der Waals surface area contributed by atoms with Crippen molar-refractivity contribution in [3.8, 4) is 5.75 Å². The second kappa shape index (κ2) is 8.88. The smallest absolute Gasteiger partial charge is 0.255 e. The van der Waals surface area contributed by atoms with Gasteiger partial charge >= 0.3 is 0 Å². The van der Waals surface area contributed by atoms with E-state index in [9.17, 15) is 4.79 Å². The Morgan fingerprint density at radius 1 is 1.21 bits per heavy atom. The number of nitrogens with zero attached hydrogens (tertiary/aromatic N) is 1. The normalized spacial score (nSPS) is 10.5. The molecule has 2 aromatic rings. The maximum absolute atomic E-state index is 12.3. The quantitative estimate of drug-likeness (QED) is 0.728. The summed E-state index contributed by atoms with van der Waals surface area (Å²) in [6, 6.07) is 10.7. The fraction of sp³-hybridized carbons (Fsp3) is 0.333. The lowest BCUT2D eigenvalue weighted by molar-refractivity contribution is 0.102. The lowest BCUT2D eigenvalue weighted by Gasteiger charge is -2.11. The van der Waals surface area contributed by atoms with Crippen LogP contribution in [0.3, 0.4) is 0 Å². The molecule has 0 radical (unpaired) electrons. The minimum atomic E-state index is -0.190. The number of benzene rings is 1. The number of methoxy groups -OCH3 is 1. The van der Waals surface area contributed by atoms with Crippen LogP contribution in [0.1, 0.15) is 24.2 Å². The molecular weight excluding hydrogens is 306 g/mol. The average Bonchev–Trinajstić information content (AvgIpc) is 2.57. The largest absolute Gasteiger partial charge is 0.491 e. The Hall–Kier alpha value is -2.60. The maximum Gasteiger partial charge on any atom is 0.255 e. The number of hydrogen-bond donors (Lipinski definition) is 2. The molecule has 0 bridgehead atoms. The molecule has 0 spiro atoms. The van der Waals surface area contributed by atoms with E-state index in [-0.39, 0.29) is 12.0 Å². The highest BCUT2D eigenvalue weighted by atomic mass is 16.5. The van der Waals surface area contributed by atoms with E-state index in [1.54, 1.807) is 25.4 Å². The fourth-order valence-electron chi connectivity index (χ4n) is 2.04. The Morgan fingerprint density at radius 2 is 1.96 bits per heavy atom. The molecule has 0 aliphatic carbocycles. The number of carbonyl (C=O) groups excluding carboxylic acids is 1. The number of nitrogens with one attached hydrogen (secondary N) is 2.